The zero-order valence-electron chi connectivity index (χ0n) is 16.9. The van der Waals surface area contributed by atoms with Crippen LogP contribution in [0.3, 0.4) is 0 Å². The first-order valence-electron chi connectivity index (χ1n) is 9.94. The lowest BCUT2D eigenvalue weighted by atomic mass is 9.94. The molecule has 0 spiro atoms. The number of rotatable bonds is 7. The molecule has 3 amide bonds. The van der Waals surface area contributed by atoms with Gasteiger partial charge in [-0.05, 0) is 24.6 Å². The van der Waals surface area contributed by atoms with Crippen LogP contribution in [0.15, 0.2) is 53.1 Å². The van der Waals surface area contributed by atoms with E-state index >= 15 is 0 Å². The predicted molar refractivity (Wildman–Crippen MR) is 109 cm³/mol. The minimum atomic E-state index is -0.481. The topological polar surface area (TPSA) is 88.5 Å². The molecule has 2 aromatic rings. The Kier molecular flexibility index (Phi) is 5.56. The van der Waals surface area contributed by atoms with E-state index in [0.717, 1.165) is 18.4 Å². The second-order valence-corrected chi connectivity index (χ2v) is 7.10. The maximum Gasteiger partial charge on any atom is 0.501 e. The number of benzene rings is 1. The molecule has 2 heterocycles. The molecule has 154 valence electrons. The number of ether oxygens (including phenoxy) is 1. The molecular weight excluding hydrogens is 384 g/mol. The Balaban J connectivity index is 1.64. The van der Waals surface area contributed by atoms with Gasteiger partial charge in [-0.25, -0.2) is 4.79 Å². The Bertz CT molecular complexity index is 1070. The van der Waals surface area contributed by atoms with Crippen molar-refractivity contribution in [1.82, 2.24) is 15.0 Å². The molecule has 1 aliphatic carbocycles. The second-order valence-electron chi connectivity index (χ2n) is 7.10. The van der Waals surface area contributed by atoms with Gasteiger partial charge in [0.1, 0.15) is 17.4 Å². The SMILES string of the molecule is CCCCN1C(=O)C2C=CC=CC2=[N+](Cc2nc(-c3cccc(OC)c3)no2)C1=O. The molecule has 1 aromatic heterocycles. The normalized spacial score (nSPS) is 18.2. The lowest BCUT2D eigenvalue weighted by molar-refractivity contribution is -0.460. The summed E-state index contributed by atoms with van der Waals surface area (Å²) in [7, 11) is 1.59. The number of fused-ring (bicyclic) bond motifs is 1. The molecule has 1 aromatic carbocycles. The van der Waals surface area contributed by atoms with Gasteiger partial charge < -0.3 is 9.26 Å². The van der Waals surface area contributed by atoms with Gasteiger partial charge in [-0.2, -0.15) is 19.3 Å². The number of urea groups is 1. The first-order chi connectivity index (χ1) is 14.6. The highest BCUT2D eigenvalue weighted by Crippen LogP contribution is 2.23. The Labute approximate surface area is 174 Å². The molecule has 8 heteroatoms. The summed E-state index contributed by atoms with van der Waals surface area (Å²) in [5.74, 6) is 0.717. The fourth-order valence-electron chi connectivity index (χ4n) is 3.53. The highest BCUT2D eigenvalue weighted by Gasteiger charge is 2.46. The summed E-state index contributed by atoms with van der Waals surface area (Å²) in [6.07, 6.45) is 8.89. The first-order valence-corrected chi connectivity index (χ1v) is 9.94. The van der Waals surface area contributed by atoms with Crippen molar-refractivity contribution in [2.24, 2.45) is 5.92 Å². The maximum atomic E-state index is 13.1. The van der Waals surface area contributed by atoms with E-state index in [9.17, 15) is 9.59 Å². The number of hydrogen-bond acceptors (Lipinski definition) is 6. The number of nitrogens with zero attached hydrogens (tertiary/aromatic N) is 4. The maximum absolute atomic E-state index is 13.1. The molecule has 1 aliphatic heterocycles. The van der Waals surface area contributed by atoms with Crippen LogP contribution in [-0.2, 0) is 11.3 Å². The Morgan fingerprint density at radius 3 is 2.93 bits per heavy atom. The van der Waals surface area contributed by atoms with Crippen molar-refractivity contribution in [2.45, 2.75) is 26.3 Å². The molecule has 4 rings (SSSR count). The van der Waals surface area contributed by atoms with E-state index in [1.54, 1.807) is 17.8 Å². The van der Waals surface area contributed by atoms with Crippen LogP contribution in [0.25, 0.3) is 11.4 Å². The van der Waals surface area contributed by atoms with Crippen molar-refractivity contribution in [1.29, 1.82) is 0 Å². The molecule has 0 bridgehead atoms. The number of allylic oxidation sites excluding steroid dienone is 3. The van der Waals surface area contributed by atoms with Gasteiger partial charge in [-0.3, -0.25) is 0 Å². The Hall–Kier alpha value is -3.55. The van der Waals surface area contributed by atoms with Crippen molar-refractivity contribution in [3.05, 3.63) is 54.5 Å². The minimum absolute atomic E-state index is 0.0930. The van der Waals surface area contributed by atoms with Crippen molar-refractivity contribution in [3.63, 3.8) is 0 Å². The van der Waals surface area contributed by atoms with Crippen molar-refractivity contribution < 1.29 is 23.4 Å². The lowest BCUT2D eigenvalue weighted by Gasteiger charge is -2.26. The number of methoxy groups -OCH3 is 1. The summed E-state index contributed by atoms with van der Waals surface area (Å²) in [6.45, 7) is 2.51. The smallest absolute Gasteiger partial charge is 0.497 e. The number of aromatic nitrogens is 2. The predicted octanol–water partition coefficient (Wildman–Crippen LogP) is 3.20. The van der Waals surface area contributed by atoms with E-state index in [1.165, 1.54) is 4.90 Å². The van der Waals surface area contributed by atoms with Crippen LogP contribution in [0.1, 0.15) is 25.7 Å². The molecule has 8 nitrogen and oxygen atoms in total. The van der Waals surface area contributed by atoms with Crippen LogP contribution < -0.4 is 4.74 Å². The summed E-state index contributed by atoms with van der Waals surface area (Å²) in [6, 6.07) is 6.98. The average molecular weight is 407 g/mol. The molecule has 2 aliphatic rings. The third-order valence-electron chi connectivity index (χ3n) is 5.13. The number of carbonyl (C=O) groups is 2. The summed E-state index contributed by atoms with van der Waals surface area (Å²) < 4.78 is 12.2. The van der Waals surface area contributed by atoms with Gasteiger partial charge in [-0.1, -0.05) is 48.9 Å². The average Bonchev–Trinajstić information content (AvgIpc) is 3.25. The molecule has 0 radical (unpaired) electrons. The lowest BCUT2D eigenvalue weighted by Crippen LogP contribution is -2.54. The van der Waals surface area contributed by atoms with Gasteiger partial charge in [0.25, 0.3) is 5.89 Å². The molecule has 0 fully saturated rings. The van der Waals surface area contributed by atoms with Crippen molar-refractivity contribution >= 4 is 17.6 Å². The van der Waals surface area contributed by atoms with Crippen LogP contribution in [0.4, 0.5) is 4.79 Å². The number of amides is 3. The number of hydrogen-bond donors (Lipinski definition) is 0. The van der Waals surface area contributed by atoms with Gasteiger partial charge in [0, 0.05) is 5.56 Å². The zero-order valence-corrected chi connectivity index (χ0v) is 16.9. The van der Waals surface area contributed by atoms with Crippen LogP contribution in [-0.4, -0.2) is 50.9 Å². The fourth-order valence-corrected chi connectivity index (χ4v) is 3.53. The standard InChI is InChI=1S/C22H23N4O4/c1-3-4-12-25-21(27)17-10-5-6-11-18(17)26(22(25)28)14-19-23-20(24-30-19)15-8-7-9-16(13-15)29-2/h5-11,13,17H,3-4,12,14H2,1-2H3/q+1. The third-order valence-corrected chi connectivity index (χ3v) is 5.13. The fraction of sp³-hybridized carbons (Fsp3) is 0.318. The quantitative estimate of drug-likeness (QED) is 0.655. The van der Waals surface area contributed by atoms with E-state index in [-0.39, 0.29) is 18.5 Å². The van der Waals surface area contributed by atoms with Crippen LogP contribution in [0.2, 0.25) is 0 Å². The monoisotopic (exact) mass is 407 g/mol. The molecule has 30 heavy (non-hydrogen) atoms. The van der Waals surface area contributed by atoms with E-state index in [2.05, 4.69) is 10.1 Å². The van der Waals surface area contributed by atoms with Gasteiger partial charge in [0.2, 0.25) is 5.82 Å². The zero-order chi connectivity index (χ0) is 21.1. The molecular formula is C22H23N4O4+. The minimum Gasteiger partial charge on any atom is -0.497 e. The highest BCUT2D eigenvalue weighted by molar-refractivity contribution is 6.16. The van der Waals surface area contributed by atoms with Gasteiger partial charge in [0.15, 0.2) is 6.54 Å². The number of imide groups is 1. The summed E-state index contributed by atoms with van der Waals surface area (Å²) in [5.41, 5.74) is 1.38. The Morgan fingerprint density at radius 2 is 2.13 bits per heavy atom. The molecule has 0 saturated carbocycles. The largest absolute Gasteiger partial charge is 0.501 e. The number of carbonyl (C=O) groups excluding carboxylic acids is 2. The Morgan fingerprint density at radius 1 is 1.27 bits per heavy atom. The van der Waals surface area contributed by atoms with E-state index < -0.39 is 5.92 Å². The van der Waals surface area contributed by atoms with Crippen LogP contribution >= 0.6 is 0 Å². The molecule has 0 saturated heterocycles. The number of unbranched alkanes of at least 4 members (excludes halogenated alkanes) is 1. The molecule has 0 N–H and O–H groups in total. The third kappa shape index (κ3) is 3.68. The van der Waals surface area contributed by atoms with Crippen molar-refractivity contribution in [3.8, 4) is 17.1 Å². The van der Waals surface area contributed by atoms with E-state index in [4.69, 9.17) is 9.26 Å². The van der Waals surface area contributed by atoms with E-state index in [0.29, 0.717) is 29.7 Å². The summed E-state index contributed by atoms with van der Waals surface area (Å²) in [5, 5.41) is 4.04. The van der Waals surface area contributed by atoms with Gasteiger partial charge >= 0.3 is 11.9 Å². The van der Waals surface area contributed by atoms with Crippen molar-refractivity contribution in [2.75, 3.05) is 13.7 Å². The summed E-state index contributed by atoms with van der Waals surface area (Å²) in [4.78, 5) is 31.7. The second kappa shape index (κ2) is 8.44. The van der Waals surface area contributed by atoms with Crippen LogP contribution in [0.5, 0.6) is 5.75 Å². The molecule has 1 unspecified atom stereocenters. The van der Waals surface area contributed by atoms with Gasteiger partial charge in [-0.15, -0.1) is 0 Å². The highest BCUT2D eigenvalue weighted by atomic mass is 16.5. The first kappa shape index (κ1) is 19.8. The van der Waals surface area contributed by atoms with Crippen LogP contribution in [0, 0.1) is 5.92 Å². The molecule has 1 atom stereocenters. The van der Waals surface area contributed by atoms with Gasteiger partial charge in [0.05, 0.1) is 13.7 Å². The summed E-state index contributed by atoms with van der Waals surface area (Å²) >= 11 is 0. The van der Waals surface area contributed by atoms with E-state index in [1.807, 2.05) is 49.4 Å².